The standard InChI is InChI=1S/C30H28N2O7S/c33-29(34)28(19-22-15-17-25(18-16-22)32-40(36,37)27-9-5-2-6-10-27)31-30(35)39-21-24-13-11-23(12-14-24)20-38-26-7-3-1-4-8-26/h1-18,28,32H,19-21H2,(H,31,35)(H,33,34). The van der Waals surface area contributed by atoms with Crippen LogP contribution in [0.2, 0.25) is 0 Å². The normalized spacial score (nSPS) is 11.7. The first kappa shape index (κ1) is 28.2. The number of nitrogens with one attached hydrogen (secondary N) is 2. The monoisotopic (exact) mass is 560 g/mol. The molecule has 4 aromatic rings. The van der Waals surface area contributed by atoms with Crippen LogP contribution in [0.3, 0.4) is 0 Å². The summed E-state index contributed by atoms with van der Waals surface area (Å²) in [6.45, 7) is 0.361. The minimum Gasteiger partial charge on any atom is -0.489 e. The van der Waals surface area contributed by atoms with Crippen LogP contribution in [0.4, 0.5) is 10.5 Å². The molecule has 0 aromatic heterocycles. The van der Waals surface area contributed by atoms with Crippen LogP contribution in [0.25, 0.3) is 0 Å². The Hall–Kier alpha value is -4.83. The third-order valence-corrected chi connectivity index (χ3v) is 7.23. The van der Waals surface area contributed by atoms with Crippen LogP contribution < -0.4 is 14.8 Å². The van der Waals surface area contributed by atoms with E-state index in [1.165, 1.54) is 24.3 Å². The average molecular weight is 561 g/mol. The van der Waals surface area contributed by atoms with Crippen molar-refractivity contribution in [2.24, 2.45) is 0 Å². The molecule has 1 unspecified atom stereocenters. The lowest BCUT2D eigenvalue weighted by molar-refractivity contribution is -0.139. The Morgan fingerprint density at radius 2 is 1.27 bits per heavy atom. The van der Waals surface area contributed by atoms with Crippen LogP contribution in [0.1, 0.15) is 16.7 Å². The molecule has 0 fully saturated rings. The van der Waals surface area contributed by atoms with E-state index in [2.05, 4.69) is 10.0 Å². The predicted octanol–water partition coefficient (Wildman–Crippen LogP) is 4.99. The number of carbonyl (C=O) groups is 2. The van der Waals surface area contributed by atoms with E-state index in [1.54, 1.807) is 42.5 Å². The van der Waals surface area contributed by atoms with Crippen LogP contribution in [0.15, 0.2) is 114 Å². The number of sulfonamides is 1. The maximum absolute atomic E-state index is 12.5. The van der Waals surface area contributed by atoms with Gasteiger partial charge in [0.2, 0.25) is 0 Å². The number of rotatable bonds is 12. The molecule has 3 N–H and O–H groups in total. The van der Waals surface area contributed by atoms with E-state index in [9.17, 15) is 23.1 Å². The zero-order chi connectivity index (χ0) is 28.4. The van der Waals surface area contributed by atoms with Crippen molar-refractivity contribution >= 4 is 27.8 Å². The van der Waals surface area contributed by atoms with Crippen molar-refractivity contribution in [1.29, 1.82) is 0 Å². The first-order chi connectivity index (χ1) is 19.3. The van der Waals surface area contributed by atoms with Crippen LogP contribution in [0, 0.1) is 0 Å². The molecule has 9 nitrogen and oxygen atoms in total. The lowest BCUT2D eigenvalue weighted by atomic mass is 10.1. The number of hydrogen-bond acceptors (Lipinski definition) is 6. The van der Waals surface area contributed by atoms with Crippen molar-refractivity contribution in [3.05, 3.63) is 126 Å². The highest BCUT2D eigenvalue weighted by Gasteiger charge is 2.21. The van der Waals surface area contributed by atoms with Gasteiger partial charge in [-0.05, 0) is 53.1 Å². The average Bonchev–Trinajstić information content (AvgIpc) is 2.97. The van der Waals surface area contributed by atoms with Gasteiger partial charge in [0.05, 0.1) is 4.90 Å². The number of alkyl carbamates (subject to hydrolysis) is 1. The fourth-order valence-electron chi connectivity index (χ4n) is 3.71. The van der Waals surface area contributed by atoms with Gasteiger partial charge in [-0.25, -0.2) is 18.0 Å². The minimum atomic E-state index is -3.75. The van der Waals surface area contributed by atoms with Gasteiger partial charge in [-0.2, -0.15) is 0 Å². The van der Waals surface area contributed by atoms with Crippen molar-refractivity contribution in [2.45, 2.75) is 30.6 Å². The van der Waals surface area contributed by atoms with E-state index in [4.69, 9.17) is 9.47 Å². The third kappa shape index (κ3) is 8.34. The van der Waals surface area contributed by atoms with Gasteiger partial charge in [0, 0.05) is 12.1 Å². The number of para-hydroxylation sites is 1. The molecule has 0 aliphatic heterocycles. The number of carboxylic acid groups (broad SMARTS) is 1. The van der Waals surface area contributed by atoms with E-state index in [0.717, 1.165) is 16.9 Å². The minimum absolute atomic E-state index is 0.0216. The maximum Gasteiger partial charge on any atom is 0.408 e. The van der Waals surface area contributed by atoms with Gasteiger partial charge in [-0.1, -0.05) is 72.8 Å². The summed E-state index contributed by atoms with van der Waals surface area (Å²) in [5.41, 5.74) is 2.59. The van der Waals surface area contributed by atoms with Gasteiger partial charge in [0.25, 0.3) is 10.0 Å². The van der Waals surface area contributed by atoms with Gasteiger partial charge >= 0.3 is 12.1 Å². The Morgan fingerprint density at radius 1 is 0.725 bits per heavy atom. The second kappa shape index (κ2) is 13.3. The summed E-state index contributed by atoms with van der Waals surface area (Å²) in [5.74, 6) is -0.461. The maximum atomic E-state index is 12.5. The molecule has 0 spiro atoms. The first-order valence-electron chi connectivity index (χ1n) is 12.4. The Morgan fingerprint density at radius 3 is 1.88 bits per heavy atom. The molecule has 0 saturated heterocycles. The van der Waals surface area contributed by atoms with E-state index >= 15 is 0 Å². The van der Waals surface area contributed by atoms with Crippen molar-refractivity contribution in [3.63, 3.8) is 0 Å². The molecule has 0 aliphatic carbocycles. The number of ether oxygens (including phenoxy) is 2. The molecule has 4 rings (SSSR count). The van der Waals surface area contributed by atoms with Crippen molar-refractivity contribution in [2.75, 3.05) is 4.72 Å². The molecule has 10 heteroatoms. The largest absolute Gasteiger partial charge is 0.489 e. The lowest BCUT2D eigenvalue weighted by Crippen LogP contribution is -2.42. The van der Waals surface area contributed by atoms with Gasteiger partial charge in [-0.3, -0.25) is 4.72 Å². The van der Waals surface area contributed by atoms with Crippen molar-refractivity contribution in [3.8, 4) is 5.75 Å². The predicted molar refractivity (Wildman–Crippen MR) is 149 cm³/mol. The topological polar surface area (TPSA) is 131 Å². The highest BCUT2D eigenvalue weighted by Crippen LogP contribution is 2.17. The van der Waals surface area contributed by atoms with Crippen LogP contribution in [-0.4, -0.2) is 31.6 Å². The Bertz CT molecular complexity index is 1510. The van der Waals surface area contributed by atoms with E-state index in [1.807, 2.05) is 42.5 Å². The Balaban J connectivity index is 1.25. The van der Waals surface area contributed by atoms with E-state index in [0.29, 0.717) is 17.9 Å². The zero-order valence-corrected chi connectivity index (χ0v) is 22.2. The molecule has 0 radical (unpaired) electrons. The van der Waals surface area contributed by atoms with E-state index in [-0.39, 0.29) is 17.9 Å². The van der Waals surface area contributed by atoms with Gasteiger partial charge in [0.15, 0.2) is 0 Å². The van der Waals surface area contributed by atoms with Gasteiger partial charge in [-0.15, -0.1) is 0 Å². The van der Waals surface area contributed by atoms with Crippen LogP contribution >= 0.6 is 0 Å². The number of carbonyl (C=O) groups excluding carboxylic acids is 1. The van der Waals surface area contributed by atoms with Gasteiger partial charge in [0.1, 0.15) is 25.0 Å². The summed E-state index contributed by atoms with van der Waals surface area (Å²) in [7, 11) is -3.75. The SMILES string of the molecule is O=C(NC(Cc1ccc(NS(=O)(=O)c2ccccc2)cc1)C(=O)O)OCc1ccc(COc2ccccc2)cc1. The molecule has 1 amide bonds. The van der Waals surface area contributed by atoms with Crippen LogP contribution in [-0.2, 0) is 39.2 Å². The summed E-state index contributed by atoms with van der Waals surface area (Å²) in [4.78, 5) is 24.2. The summed E-state index contributed by atoms with van der Waals surface area (Å²) < 4.78 is 38.4. The molecule has 206 valence electrons. The molecule has 0 aliphatic rings. The van der Waals surface area contributed by atoms with Crippen molar-refractivity contribution in [1.82, 2.24) is 5.32 Å². The molecule has 0 saturated carbocycles. The summed E-state index contributed by atoms with van der Waals surface area (Å²) in [6.07, 6.45) is -0.886. The first-order valence-corrected chi connectivity index (χ1v) is 13.9. The fourth-order valence-corrected chi connectivity index (χ4v) is 4.79. The van der Waals surface area contributed by atoms with E-state index < -0.39 is 28.1 Å². The molecule has 40 heavy (non-hydrogen) atoms. The Labute approximate surface area is 232 Å². The molecule has 4 aromatic carbocycles. The number of aliphatic carboxylic acids is 1. The number of carboxylic acids is 1. The van der Waals surface area contributed by atoms with Gasteiger partial charge < -0.3 is 19.9 Å². The second-order valence-corrected chi connectivity index (χ2v) is 10.5. The van der Waals surface area contributed by atoms with Crippen LogP contribution in [0.5, 0.6) is 5.75 Å². The highest BCUT2D eigenvalue weighted by atomic mass is 32.2. The molecular weight excluding hydrogens is 532 g/mol. The number of hydrogen-bond donors (Lipinski definition) is 3. The lowest BCUT2D eigenvalue weighted by Gasteiger charge is -2.15. The third-order valence-electron chi connectivity index (χ3n) is 5.83. The van der Waals surface area contributed by atoms with Crippen molar-refractivity contribution < 1.29 is 32.6 Å². The second-order valence-electron chi connectivity index (χ2n) is 8.85. The summed E-state index contributed by atoms with van der Waals surface area (Å²) in [6, 6.07) is 29.7. The molecular formula is C30H28N2O7S. The fraction of sp³-hybridized carbons (Fsp3) is 0.133. The Kier molecular flexibility index (Phi) is 9.37. The number of amides is 1. The number of benzene rings is 4. The molecule has 0 heterocycles. The number of anilines is 1. The summed E-state index contributed by atoms with van der Waals surface area (Å²) in [5, 5.41) is 12.0. The molecule has 0 bridgehead atoms. The highest BCUT2D eigenvalue weighted by molar-refractivity contribution is 7.92. The smallest absolute Gasteiger partial charge is 0.408 e. The quantitative estimate of drug-likeness (QED) is 0.223. The molecule has 1 atom stereocenters. The zero-order valence-electron chi connectivity index (χ0n) is 21.4. The summed E-state index contributed by atoms with van der Waals surface area (Å²) >= 11 is 0.